The quantitative estimate of drug-likeness (QED) is 0.286. The van der Waals surface area contributed by atoms with E-state index < -0.39 is 17.0 Å². The van der Waals surface area contributed by atoms with Gasteiger partial charge >= 0.3 is 5.97 Å². The Labute approximate surface area is 198 Å². The fourth-order valence-corrected chi connectivity index (χ4v) is 5.45. The van der Waals surface area contributed by atoms with E-state index in [0.717, 1.165) is 17.7 Å². The summed E-state index contributed by atoms with van der Waals surface area (Å²) >= 11 is 2.56. The second-order valence-electron chi connectivity index (χ2n) is 7.62. The second-order valence-corrected chi connectivity index (χ2v) is 9.77. The largest absolute Gasteiger partial charge is 0.449 e. The summed E-state index contributed by atoms with van der Waals surface area (Å²) in [6.45, 7) is 4.37. The van der Waals surface area contributed by atoms with Gasteiger partial charge in [0.1, 0.15) is 0 Å². The van der Waals surface area contributed by atoms with E-state index in [2.05, 4.69) is 4.98 Å². The summed E-state index contributed by atoms with van der Waals surface area (Å²) < 4.78 is 6.04. The third kappa shape index (κ3) is 5.23. The molecule has 170 valence electrons. The van der Waals surface area contributed by atoms with Crippen molar-refractivity contribution in [1.29, 1.82) is 0 Å². The van der Waals surface area contributed by atoms with Crippen LogP contribution in [-0.2, 0) is 22.5 Å². The van der Waals surface area contributed by atoms with Crippen LogP contribution in [0.15, 0.2) is 57.1 Å². The Hall–Kier alpha value is -3.24. The van der Waals surface area contributed by atoms with Crippen molar-refractivity contribution in [2.24, 2.45) is 0 Å². The van der Waals surface area contributed by atoms with E-state index in [9.17, 15) is 19.7 Å². The number of hydrogen-bond acceptors (Lipinski definition) is 8. The Balaban J connectivity index is 1.44. The van der Waals surface area contributed by atoms with E-state index in [-0.39, 0.29) is 17.2 Å². The highest BCUT2D eigenvalue weighted by molar-refractivity contribution is 8.01. The first-order valence-electron chi connectivity index (χ1n) is 10.3. The van der Waals surface area contributed by atoms with Gasteiger partial charge in [-0.3, -0.25) is 14.9 Å². The standard InChI is InChI=1S/C23H21N3O5S2/c1-14-13-32-23(24-14)33-20-8-7-17(11-19(20)26(29)30)22(28)31-15(2)21(27)25-10-9-16-5-3-4-6-18(16)12-25/h3-8,11,13,15H,9-10,12H2,1-2H3. The fourth-order valence-electron chi connectivity index (χ4n) is 3.57. The molecule has 33 heavy (non-hydrogen) atoms. The van der Waals surface area contributed by atoms with E-state index in [0.29, 0.717) is 22.3 Å². The van der Waals surface area contributed by atoms with Crippen LogP contribution in [0.4, 0.5) is 5.69 Å². The van der Waals surface area contributed by atoms with Crippen LogP contribution in [0.25, 0.3) is 0 Å². The highest BCUT2D eigenvalue weighted by Gasteiger charge is 2.28. The third-order valence-corrected chi connectivity index (χ3v) is 7.38. The lowest BCUT2D eigenvalue weighted by atomic mass is 9.99. The van der Waals surface area contributed by atoms with Gasteiger partial charge in [0.05, 0.1) is 15.4 Å². The van der Waals surface area contributed by atoms with Crippen molar-refractivity contribution < 1.29 is 19.2 Å². The third-order valence-electron chi connectivity index (χ3n) is 5.26. The van der Waals surface area contributed by atoms with Gasteiger partial charge in [0.2, 0.25) is 0 Å². The maximum Gasteiger partial charge on any atom is 0.339 e. The zero-order chi connectivity index (χ0) is 23.5. The van der Waals surface area contributed by atoms with Crippen molar-refractivity contribution in [1.82, 2.24) is 9.88 Å². The molecule has 1 unspecified atom stereocenters. The van der Waals surface area contributed by atoms with Crippen LogP contribution >= 0.6 is 23.1 Å². The van der Waals surface area contributed by atoms with Crippen molar-refractivity contribution in [3.63, 3.8) is 0 Å². The average Bonchev–Trinajstić information content (AvgIpc) is 3.22. The topological polar surface area (TPSA) is 103 Å². The zero-order valence-electron chi connectivity index (χ0n) is 18.0. The summed E-state index contributed by atoms with van der Waals surface area (Å²) in [5.41, 5.74) is 2.93. The molecule has 10 heteroatoms. The maximum atomic E-state index is 12.8. The molecule has 0 saturated carbocycles. The number of hydrogen-bond donors (Lipinski definition) is 0. The van der Waals surface area contributed by atoms with Gasteiger partial charge in [-0.2, -0.15) is 0 Å². The van der Waals surface area contributed by atoms with Gasteiger partial charge in [0.15, 0.2) is 10.4 Å². The normalized spacial score (nSPS) is 13.8. The van der Waals surface area contributed by atoms with Gasteiger partial charge in [-0.15, -0.1) is 11.3 Å². The Morgan fingerprint density at radius 3 is 2.70 bits per heavy atom. The molecule has 0 saturated heterocycles. The minimum absolute atomic E-state index is 0.0185. The molecule has 0 radical (unpaired) electrons. The number of carbonyl (C=O) groups is 2. The molecule has 4 rings (SSSR count). The number of thiazole rings is 1. The molecule has 8 nitrogen and oxygen atoms in total. The molecule has 0 fully saturated rings. The first-order chi connectivity index (χ1) is 15.8. The van der Waals surface area contributed by atoms with Gasteiger partial charge in [-0.25, -0.2) is 9.78 Å². The lowest BCUT2D eigenvalue weighted by Crippen LogP contribution is -2.42. The minimum Gasteiger partial charge on any atom is -0.449 e. The number of rotatable bonds is 6. The monoisotopic (exact) mass is 483 g/mol. The molecular weight excluding hydrogens is 462 g/mol. The number of carbonyl (C=O) groups excluding carboxylic acids is 2. The number of benzene rings is 2. The molecule has 1 aliphatic heterocycles. The lowest BCUT2D eigenvalue weighted by molar-refractivity contribution is -0.387. The molecule has 1 aromatic heterocycles. The molecule has 0 bridgehead atoms. The van der Waals surface area contributed by atoms with E-state index in [1.165, 1.54) is 53.8 Å². The van der Waals surface area contributed by atoms with Crippen molar-refractivity contribution in [3.8, 4) is 0 Å². The molecule has 3 aromatic rings. The van der Waals surface area contributed by atoms with Gasteiger partial charge in [0, 0.05) is 30.2 Å². The smallest absolute Gasteiger partial charge is 0.339 e. The summed E-state index contributed by atoms with van der Waals surface area (Å²) in [6.07, 6.45) is -0.263. The molecule has 2 heterocycles. The average molecular weight is 484 g/mol. The maximum absolute atomic E-state index is 12.8. The predicted molar refractivity (Wildman–Crippen MR) is 125 cm³/mol. The minimum atomic E-state index is -1.01. The molecule has 0 spiro atoms. The van der Waals surface area contributed by atoms with Crippen molar-refractivity contribution in [2.75, 3.05) is 6.54 Å². The number of aromatic nitrogens is 1. The molecule has 0 aliphatic carbocycles. The van der Waals surface area contributed by atoms with Gasteiger partial charge in [0.25, 0.3) is 11.6 Å². The van der Waals surface area contributed by atoms with E-state index in [4.69, 9.17) is 4.74 Å². The molecule has 2 aromatic carbocycles. The van der Waals surface area contributed by atoms with E-state index in [1.54, 1.807) is 4.90 Å². The molecule has 1 atom stereocenters. The Kier molecular flexibility index (Phi) is 6.75. The number of nitro benzene ring substituents is 1. The number of amides is 1. The van der Waals surface area contributed by atoms with E-state index >= 15 is 0 Å². The Morgan fingerprint density at radius 2 is 2.00 bits per heavy atom. The fraction of sp³-hybridized carbons (Fsp3) is 0.261. The van der Waals surface area contributed by atoms with Crippen LogP contribution in [0.2, 0.25) is 0 Å². The van der Waals surface area contributed by atoms with Crippen LogP contribution in [0.1, 0.15) is 34.1 Å². The van der Waals surface area contributed by atoms with Gasteiger partial charge in [-0.1, -0.05) is 36.0 Å². The van der Waals surface area contributed by atoms with Crippen molar-refractivity contribution in [3.05, 3.63) is 80.3 Å². The Bertz CT molecular complexity index is 1230. The molecule has 1 amide bonds. The summed E-state index contributed by atoms with van der Waals surface area (Å²) in [5.74, 6) is -1.07. The number of ether oxygens (including phenoxy) is 1. The van der Waals surface area contributed by atoms with E-state index in [1.807, 2.05) is 36.6 Å². The number of esters is 1. The van der Waals surface area contributed by atoms with Crippen LogP contribution in [-0.4, -0.2) is 39.3 Å². The molecular formula is C23H21N3O5S2. The van der Waals surface area contributed by atoms with Crippen LogP contribution in [0, 0.1) is 17.0 Å². The Morgan fingerprint density at radius 1 is 1.24 bits per heavy atom. The number of aryl methyl sites for hydroxylation is 1. The number of nitro groups is 1. The first-order valence-corrected chi connectivity index (χ1v) is 12.0. The van der Waals surface area contributed by atoms with Crippen molar-refractivity contribution in [2.45, 2.75) is 42.2 Å². The number of fused-ring (bicyclic) bond motifs is 1. The van der Waals surface area contributed by atoms with Crippen LogP contribution < -0.4 is 0 Å². The summed E-state index contributed by atoms with van der Waals surface area (Å²) in [7, 11) is 0. The summed E-state index contributed by atoms with van der Waals surface area (Å²) in [4.78, 5) is 42.9. The zero-order valence-corrected chi connectivity index (χ0v) is 19.6. The van der Waals surface area contributed by atoms with Gasteiger partial charge in [-0.05, 0) is 43.5 Å². The SMILES string of the molecule is Cc1csc(Sc2ccc(C(=O)OC(C)C(=O)N3CCc4ccccc4C3)cc2[N+](=O)[O-])n1. The predicted octanol–water partition coefficient (Wildman–Crippen LogP) is 4.64. The van der Waals surface area contributed by atoms with Crippen LogP contribution in [0.3, 0.4) is 0 Å². The summed E-state index contributed by atoms with van der Waals surface area (Å²) in [6, 6.07) is 12.1. The van der Waals surface area contributed by atoms with Gasteiger partial charge < -0.3 is 9.64 Å². The van der Waals surface area contributed by atoms with Crippen LogP contribution in [0.5, 0.6) is 0 Å². The highest BCUT2D eigenvalue weighted by atomic mass is 32.2. The molecule has 1 aliphatic rings. The first kappa shape index (κ1) is 22.9. The lowest BCUT2D eigenvalue weighted by Gasteiger charge is -2.30. The summed E-state index contributed by atoms with van der Waals surface area (Å²) in [5, 5.41) is 13.5. The second kappa shape index (κ2) is 9.72. The van der Waals surface area contributed by atoms with Crippen molar-refractivity contribution >= 4 is 40.7 Å². The molecule has 0 N–H and O–H groups in total. The highest BCUT2D eigenvalue weighted by Crippen LogP contribution is 2.37. The number of nitrogens with zero attached hydrogens (tertiary/aromatic N) is 3.